The predicted octanol–water partition coefficient (Wildman–Crippen LogP) is 3.56. The van der Waals surface area contributed by atoms with Crippen molar-refractivity contribution in [2.45, 2.75) is 39.0 Å². The third-order valence-corrected chi connectivity index (χ3v) is 2.99. The summed E-state index contributed by atoms with van der Waals surface area (Å²) in [5, 5.41) is 3.52. The van der Waals surface area contributed by atoms with E-state index >= 15 is 0 Å². The maximum Gasteiger partial charge on any atom is 0.0375 e. The Morgan fingerprint density at radius 2 is 2.07 bits per heavy atom. The van der Waals surface area contributed by atoms with E-state index in [1.54, 1.807) is 0 Å². The highest BCUT2D eigenvalue weighted by molar-refractivity contribution is 5.54. The van der Waals surface area contributed by atoms with Gasteiger partial charge in [0.15, 0.2) is 0 Å². The number of hydrogen-bond acceptors (Lipinski definition) is 1. The minimum atomic E-state index is 0.630. The molecule has 0 bridgehead atoms. The summed E-state index contributed by atoms with van der Waals surface area (Å²) in [4.78, 5) is 0. The molecule has 0 radical (unpaired) electrons. The SMILES string of the molecule is CC(C)c1ccc2c(c1)NCCCC2. The topological polar surface area (TPSA) is 12.0 Å². The van der Waals surface area contributed by atoms with E-state index in [1.807, 2.05) is 0 Å². The smallest absolute Gasteiger partial charge is 0.0375 e. The molecular formula is C13H19N. The van der Waals surface area contributed by atoms with Crippen molar-refractivity contribution in [2.75, 3.05) is 11.9 Å². The molecule has 0 atom stereocenters. The van der Waals surface area contributed by atoms with Gasteiger partial charge in [-0.1, -0.05) is 26.0 Å². The Balaban J connectivity index is 2.32. The molecule has 76 valence electrons. The molecule has 0 saturated heterocycles. The van der Waals surface area contributed by atoms with Gasteiger partial charge in [0.05, 0.1) is 0 Å². The summed E-state index contributed by atoms with van der Waals surface area (Å²) in [5.41, 5.74) is 4.30. The van der Waals surface area contributed by atoms with Crippen LogP contribution in [0.3, 0.4) is 0 Å². The van der Waals surface area contributed by atoms with Crippen molar-refractivity contribution in [3.63, 3.8) is 0 Å². The number of fused-ring (bicyclic) bond motifs is 1. The van der Waals surface area contributed by atoms with Crippen LogP contribution in [0.25, 0.3) is 0 Å². The Kier molecular flexibility index (Phi) is 2.76. The molecule has 1 aromatic rings. The van der Waals surface area contributed by atoms with E-state index in [9.17, 15) is 0 Å². The van der Waals surface area contributed by atoms with Gasteiger partial charge >= 0.3 is 0 Å². The van der Waals surface area contributed by atoms with E-state index in [4.69, 9.17) is 0 Å². The van der Waals surface area contributed by atoms with Gasteiger partial charge < -0.3 is 5.32 Å². The minimum absolute atomic E-state index is 0.630. The summed E-state index contributed by atoms with van der Waals surface area (Å²) in [6.45, 7) is 5.63. The third kappa shape index (κ3) is 1.92. The normalized spacial score (nSPS) is 15.9. The summed E-state index contributed by atoms with van der Waals surface area (Å²) in [6.07, 6.45) is 3.85. The summed E-state index contributed by atoms with van der Waals surface area (Å²) in [6, 6.07) is 6.89. The van der Waals surface area contributed by atoms with Crippen molar-refractivity contribution in [3.8, 4) is 0 Å². The van der Waals surface area contributed by atoms with E-state index in [0.29, 0.717) is 5.92 Å². The lowest BCUT2D eigenvalue weighted by molar-refractivity contribution is 0.785. The summed E-state index contributed by atoms with van der Waals surface area (Å²) >= 11 is 0. The second kappa shape index (κ2) is 4.04. The van der Waals surface area contributed by atoms with E-state index in [-0.39, 0.29) is 0 Å². The Hall–Kier alpha value is -0.980. The molecule has 2 rings (SSSR count). The van der Waals surface area contributed by atoms with Crippen LogP contribution in [-0.4, -0.2) is 6.54 Å². The van der Waals surface area contributed by atoms with Crippen molar-refractivity contribution in [3.05, 3.63) is 29.3 Å². The molecule has 0 aliphatic carbocycles. The van der Waals surface area contributed by atoms with Crippen molar-refractivity contribution in [1.29, 1.82) is 0 Å². The Morgan fingerprint density at radius 1 is 1.21 bits per heavy atom. The largest absolute Gasteiger partial charge is 0.385 e. The van der Waals surface area contributed by atoms with E-state index in [0.717, 1.165) is 6.54 Å². The van der Waals surface area contributed by atoms with Crippen molar-refractivity contribution in [2.24, 2.45) is 0 Å². The number of aryl methyl sites for hydroxylation is 1. The van der Waals surface area contributed by atoms with Gasteiger partial charge in [-0.3, -0.25) is 0 Å². The van der Waals surface area contributed by atoms with Crippen LogP contribution in [-0.2, 0) is 6.42 Å². The lowest BCUT2D eigenvalue weighted by Gasteiger charge is -2.12. The monoisotopic (exact) mass is 189 g/mol. The molecule has 1 nitrogen and oxygen atoms in total. The molecule has 1 aliphatic heterocycles. The highest BCUT2D eigenvalue weighted by Gasteiger charge is 2.08. The summed E-state index contributed by atoms with van der Waals surface area (Å²) in [5.74, 6) is 0.630. The molecule has 1 N–H and O–H groups in total. The molecule has 0 saturated carbocycles. The van der Waals surface area contributed by atoms with E-state index in [1.165, 1.54) is 36.1 Å². The highest BCUT2D eigenvalue weighted by atomic mass is 14.9. The highest BCUT2D eigenvalue weighted by Crippen LogP contribution is 2.25. The average Bonchev–Trinajstić information content (AvgIpc) is 2.41. The number of hydrogen-bond donors (Lipinski definition) is 1. The van der Waals surface area contributed by atoms with Crippen LogP contribution in [0.1, 0.15) is 43.7 Å². The minimum Gasteiger partial charge on any atom is -0.385 e. The molecule has 0 spiro atoms. The van der Waals surface area contributed by atoms with Gasteiger partial charge in [0, 0.05) is 12.2 Å². The van der Waals surface area contributed by atoms with Crippen LogP contribution in [0, 0.1) is 0 Å². The molecule has 0 aromatic heterocycles. The molecule has 1 heterocycles. The van der Waals surface area contributed by atoms with Gasteiger partial charge in [0.2, 0.25) is 0 Å². The quantitative estimate of drug-likeness (QED) is 0.712. The number of benzene rings is 1. The van der Waals surface area contributed by atoms with Crippen molar-refractivity contribution in [1.82, 2.24) is 0 Å². The summed E-state index contributed by atoms with van der Waals surface area (Å²) in [7, 11) is 0. The number of anilines is 1. The van der Waals surface area contributed by atoms with Crippen LogP contribution < -0.4 is 5.32 Å². The fourth-order valence-electron chi connectivity index (χ4n) is 2.00. The van der Waals surface area contributed by atoms with Gasteiger partial charge in [0.25, 0.3) is 0 Å². The van der Waals surface area contributed by atoms with E-state index < -0.39 is 0 Å². The molecule has 14 heavy (non-hydrogen) atoms. The van der Waals surface area contributed by atoms with Crippen LogP contribution in [0.5, 0.6) is 0 Å². The fraction of sp³-hybridized carbons (Fsp3) is 0.538. The van der Waals surface area contributed by atoms with Gasteiger partial charge in [-0.15, -0.1) is 0 Å². The molecule has 1 aliphatic rings. The van der Waals surface area contributed by atoms with Crippen LogP contribution in [0.4, 0.5) is 5.69 Å². The van der Waals surface area contributed by atoms with Gasteiger partial charge in [-0.05, 0) is 42.4 Å². The van der Waals surface area contributed by atoms with Crippen LogP contribution >= 0.6 is 0 Å². The second-order valence-corrected chi connectivity index (χ2v) is 4.46. The van der Waals surface area contributed by atoms with E-state index in [2.05, 4.69) is 37.4 Å². The zero-order valence-corrected chi connectivity index (χ0v) is 9.14. The molecule has 0 amide bonds. The fourth-order valence-corrected chi connectivity index (χ4v) is 2.00. The maximum absolute atomic E-state index is 3.52. The molecule has 1 aromatic carbocycles. The number of rotatable bonds is 1. The Morgan fingerprint density at radius 3 is 2.86 bits per heavy atom. The first-order chi connectivity index (χ1) is 6.77. The summed E-state index contributed by atoms with van der Waals surface area (Å²) < 4.78 is 0. The molecule has 1 heteroatoms. The first-order valence-corrected chi connectivity index (χ1v) is 5.64. The van der Waals surface area contributed by atoms with Crippen molar-refractivity contribution >= 4 is 5.69 Å². The lowest BCUT2D eigenvalue weighted by Crippen LogP contribution is -2.00. The Bertz CT molecular complexity index is 315. The average molecular weight is 189 g/mol. The predicted molar refractivity (Wildman–Crippen MR) is 62.0 cm³/mol. The first kappa shape index (κ1) is 9.57. The van der Waals surface area contributed by atoms with Gasteiger partial charge in [-0.25, -0.2) is 0 Å². The van der Waals surface area contributed by atoms with Gasteiger partial charge in [0.1, 0.15) is 0 Å². The lowest BCUT2D eigenvalue weighted by atomic mass is 9.99. The molecular weight excluding hydrogens is 170 g/mol. The zero-order valence-electron chi connectivity index (χ0n) is 9.14. The van der Waals surface area contributed by atoms with Crippen LogP contribution in [0.2, 0.25) is 0 Å². The standard InChI is InChI=1S/C13H19N/c1-10(2)12-7-6-11-5-3-4-8-14-13(11)9-12/h6-7,9-10,14H,3-5,8H2,1-2H3. The zero-order chi connectivity index (χ0) is 9.97. The van der Waals surface area contributed by atoms with Gasteiger partial charge in [-0.2, -0.15) is 0 Å². The first-order valence-electron chi connectivity index (χ1n) is 5.64. The van der Waals surface area contributed by atoms with Crippen LogP contribution in [0.15, 0.2) is 18.2 Å². The second-order valence-electron chi connectivity index (χ2n) is 4.46. The molecule has 0 fully saturated rings. The van der Waals surface area contributed by atoms with Crippen molar-refractivity contribution < 1.29 is 0 Å². The third-order valence-electron chi connectivity index (χ3n) is 2.99. The maximum atomic E-state index is 3.52. The molecule has 0 unspecified atom stereocenters. The Labute approximate surface area is 86.5 Å². The number of nitrogens with one attached hydrogen (secondary N) is 1.